The smallest absolute Gasteiger partial charge is 0.256 e. The standard InChI is InChI=1S/C16H17N3OS/c1-9-4-5-11-12(7-9)21-16-13(11)15(20)18-14(19-16)10-3-2-6-17-8-10/h2-3,6,8-9,14,19H,4-5,7H2,1H3,(H,18,20)/t9-,14-/m0/s1. The summed E-state index contributed by atoms with van der Waals surface area (Å²) in [7, 11) is 0. The molecule has 21 heavy (non-hydrogen) atoms. The summed E-state index contributed by atoms with van der Waals surface area (Å²) in [5.41, 5.74) is 3.13. The second-order valence-corrected chi connectivity index (χ2v) is 7.00. The minimum Gasteiger partial charge on any atom is -0.353 e. The van der Waals surface area contributed by atoms with Gasteiger partial charge >= 0.3 is 0 Å². The van der Waals surface area contributed by atoms with Crippen LogP contribution in [0.3, 0.4) is 0 Å². The number of thiophene rings is 1. The molecule has 108 valence electrons. The highest BCUT2D eigenvalue weighted by atomic mass is 32.1. The largest absolute Gasteiger partial charge is 0.353 e. The molecule has 2 aromatic rings. The Morgan fingerprint density at radius 2 is 2.29 bits per heavy atom. The molecule has 1 aliphatic carbocycles. The molecule has 1 aliphatic heterocycles. The number of nitrogens with zero attached hydrogens (tertiary/aromatic N) is 1. The van der Waals surface area contributed by atoms with E-state index in [1.54, 1.807) is 23.7 Å². The molecule has 2 aliphatic rings. The van der Waals surface area contributed by atoms with Crippen LogP contribution in [0.4, 0.5) is 5.00 Å². The number of anilines is 1. The van der Waals surface area contributed by atoms with Crippen molar-refractivity contribution in [3.8, 4) is 0 Å². The van der Waals surface area contributed by atoms with Crippen molar-refractivity contribution in [1.82, 2.24) is 10.3 Å². The number of carbonyl (C=O) groups is 1. The highest BCUT2D eigenvalue weighted by molar-refractivity contribution is 7.16. The molecule has 0 saturated heterocycles. The van der Waals surface area contributed by atoms with Crippen LogP contribution in [-0.2, 0) is 12.8 Å². The maximum atomic E-state index is 12.5. The molecule has 3 heterocycles. The summed E-state index contributed by atoms with van der Waals surface area (Å²) in [6.45, 7) is 2.29. The van der Waals surface area contributed by atoms with Crippen LogP contribution < -0.4 is 10.6 Å². The molecule has 4 nitrogen and oxygen atoms in total. The first-order valence-electron chi connectivity index (χ1n) is 7.34. The molecular formula is C16H17N3OS. The minimum absolute atomic E-state index is 0.0460. The first-order valence-corrected chi connectivity index (χ1v) is 8.16. The Morgan fingerprint density at radius 3 is 3.10 bits per heavy atom. The van der Waals surface area contributed by atoms with Gasteiger partial charge in [-0.05, 0) is 36.8 Å². The van der Waals surface area contributed by atoms with Crippen molar-refractivity contribution in [2.45, 2.75) is 32.4 Å². The van der Waals surface area contributed by atoms with Gasteiger partial charge in [-0.25, -0.2) is 0 Å². The van der Waals surface area contributed by atoms with Crippen molar-refractivity contribution in [2.75, 3.05) is 5.32 Å². The van der Waals surface area contributed by atoms with Gasteiger partial charge in [0.1, 0.15) is 11.2 Å². The van der Waals surface area contributed by atoms with E-state index >= 15 is 0 Å². The SMILES string of the molecule is C[C@H]1CCc2c(sc3c2C(=O)N[C@H](c2cccnc2)N3)C1. The Labute approximate surface area is 127 Å². The van der Waals surface area contributed by atoms with Gasteiger partial charge in [-0.1, -0.05) is 13.0 Å². The van der Waals surface area contributed by atoms with Gasteiger partial charge < -0.3 is 10.6 Å². The van der Waals surface area contributed by atoms with Gasteiger partial charge in [0, 0.05) is 22.8 Å². The summed E-state index contributed by atoms with van der Waals surface area (Å²) in [5.74, 6) is 0.763. The number of carbonyl (C=O) groups excluding carboxylic acids is 1. The number of hydrogen-bond acceptors (Lipinski definition) is 4. The van der Waals surface area contributed by atoms with Gasteiger partial charge in [-0.2, -0.15) is 0 Å². The van der Waals surface area contributed by atoms with Gasteiger partial charge in [-0.15, -0.1) is 11.3 Å². The van der Waals surface area contributed by atoms with Crippen molar-refractivity contribution in [3.63, 3.8) is 0 Å². The average molecular weight is 299 g/mol. The zero-order valence-electron chi connectivity index (χ0n) is 11.8. The van der Waals surface area contributed by atoms with Crippen LogP contribution in [0.15, 0.2) is 24.5 Å². The molecule has 0 aromatic carbocycles. The normalized spacial score (nSPS) is 23.8. The van der Waals surface area contributed by atoms with E-state index in [0.717, 1.165) is 34.9 Å². The third-order valence-electron chi connectivity index (χ3n) is 4.31. The predicted molar refractivity (Wildman–Crippen MR) is 83.6 cm³/mol. The molecule has 0 fully saturated rings. The van der Waals surface area contributed by atoms with E-state index in [1.807, 2.05) is 12.1 Å². The van der Waals surface area contributed by atoms with Crippen LogP contribution in [0.2, 0.25) is 0 Å². The third kappa shape index (κ3) is 2.12. The van der Waals surface area contributed by atoms with E-state index in [0.29, 0.717) is 0 Å². The summed E-state index contributed by atoms with van der Waals surface area (Å²) in [4.78, 5) is 18.0. The van der Waals surface area contributed by atoms with Crippen LogP contribution in [-0.4, -0.2) is 10.9 Å². The summed E-state index contributed by atoms with van der Waals surface area (Å²) in [5, 5.41) is 7.54. The zero-order chi connectivity index (χ0) is 14.4. The summed E-state index contributed by atoms with van der Waals surface area (Å²) in [6, 6.07) is 3.87. The Hall–Kier alpha value is -1.88. The second kappa shape index (κ2) is 4.84. The van der Waals surface area contributed by atoms with E-state index in [9.17, 15) is 4.79 Å². The minimum atomic E-state index is -0.184. The van der Waals surface area contributed by atoms with Crippen molar-refractivity contribution in [2.24, 2.45) is 5.92 Å². The lowest BCUT2D eigenvalue weighted by Crippen LogP contribution is -2.38. The molecule has 0 spiro atoms. The second-order valence-electron chi connectivity index (χ2n) is 5.89. The highest BCUT2D eigenvalue weighted by Gasteiger charge is 2.32. The fourth-order valence-corrected chi connectivity index (χ4v) is 4.61. The van der Waals surface area contributed by atoms with Crippen LogP contribution in [0, 0.1) is 5.92 Å². The van der Waals surface area contributed by atoms with E-state index in [-0.39, 0.29) is 12.1 Å². The van der Waals surface area contributed by atoms with Crippen molar-refractivity contribution in [1.29, 1.82) is 0 Å². The molecule has 0 radical (unpaired) electrons. The molecule has 4 rings (SSSR count). The van der Waals surface area contributed by atoms with Gasteiger partial charge in [0.15, 0.2) is 0 Å². The zero-order valence-corrected chi connectivity index (χ0v) is 12.7. The van der Waals surface area contributed by atoms with Gasteiger partial charge in [-0.3, -0.25) is 9.78 Å². The van der Waals surface area contributed by atoms with E-state index in [4.69, 9.17) is 0 Å². The van der Waals surface area contributed by atoms with E-state index in [1.165, 1.54) is 16.9 Å². The lowest BCUT2D eigenvalue weighted by atomic mass is 9.88. The molecule has 5 heteroatoms. The number of hydrogen-bond donors (Lipinski definition) is 2. The number of nitrogens with one attached hydrogen (secondary N) is 2. The number of fused-ring (bicyclic) bond motifs is 3. The fourth-order valence-electron chi connectivity index (χ4n) is 3.18. The monoisotopic (exact) mass is 299 g/mol. The Balaban J connectivity index is 1.71. The van der Waals surface area contributed by atoms with Crippen molar-refractivity contribution in [3.05, 3.63) is 46.1 Å². The lowest BCUT2D eigenvalue weighted by molar-refractivity contribution is 0.0935. The van der Waals surface area contributed by atoms with E-state index < -0.39 is 0 Å². The lowest BCUT2D eigenvalue weighted by Gasteiger charge is -2.26. The number of aromatic nitrogens is 1. The Morgan fingerprint density at radius 1 is 1.38 bits per heavy atom. The Bertz CT molecular complexity index is 695. The van der Waals surface area contributed by atoms with Gasteiger partial charge in [0.25, 0.3) is 5.91 Å². The van der Waals surface area contributed by atoms with E-state index in [2.05, 4.69) is 22.5 Å². The molecule has 2 N–H and O–H groups in total. The number of rotatable bonds is 1. The van der Waals surface area contributed by atoms with Crippen LogP contribution in [0.5, 0.6) is 0 Å². The maximum absolute atomic E-state index is 12.5. The molecule has 0 unspecified atom stereocenters. The van der Waals surface area contributed by atoms with Crippen molar-refractivity contribution < 1.29 is 4.79 Å². The summed E-state index contributed by atoms with van der Waals surface area (Å²) in [6.07, 6.45) is 6.64. The predicted octanol–water partition coefficient (Wildman–Crippen LogP) is 3.12. The first kappa shape index (κ1) is 12.8. The maximum Gasteiger partial charge on any atom is 0.256 e. The average Bonchev–Trinajstić information content (AvgIpc) is 2.85. The van der Waals surface area contributed by atoms with Gasteiger partial charge in [0.05, 0.1) is 5.56 Å². The Kier molecular flexibility index (Phi) is 2.96. The van der Waals surface area contributed by atoms with Crippen LogP contribution >= 0.6 is 11.3 Å². The molecule has 2 aromatic heterocycles. The van der Waals surface area contributed by atoms with Gasteiger partial charge in [0.2, 0.25) is 0 Å². The number of pyridine rings is 1. The summed E-state index contributed by atoms with van der Waals surface area (Å²) >= 11 is 1.75. The summed E-state index contributed by atoms with van der Waals surface area (Å²) < 4.78 is 0. The molecule has 0 bridgehead atoms. The molecule has 2 atom stereocenters. The fraction of sp³-hybridized carbons (Fsp3) is 0.375. The van der Waals surface area contributed by atoms with Crippen molar-refractivity contribution >= 4 is 22.2 Å². The topological polar surface area (TPSA) is 54.0 Å². The number of amides is 1. The molecule has 1 amide bonds. The molecule has 0 saturated carbocycles. The highest BCUT2D eigenvalue weighted by Crippen LogP contribution is 2.42. The van der Waals surface area contributed by atoms with Crippen LogP contribution in [0.1, 0.15) is 45.9 Å². The quantitative estimate of drug-likeness (QED) is 0.850. The molecular weight excluding hydrogens is 282 g/mol. The third-order valence-corrected chi connectivity index (χ3v) is 5.49. The first-order chi connectivity index (χ1) is 10.2. The van der Waals surface area contributed by atoms with Crippen LogP contribution in [0.25, 0.3) is 0 Å².